The Kier molecular flexibility index (Phi) is 3.40. The van der Waals surface area contributed by atoms with Crippen molar-refractivity contribution in [2.45, 2.75) is 0 Å². The van der Waals surface area contributed by atoms with Gasteiger partial charge in [-0.05, 0) is 17.2 Å². The van der Waals surface area contributed by atoms with E-state index in [0.29, 0.717) is 11.1 Å². The summed E-state index contributed by atoms with van der Waals surface area (Å²) in [4.78, 5) is 20.9. The maximum atomic E-state index is 11.1. The van der Waals surface area contributed by atoms with Gasteiger partial charge in [-0.2, -0.15) is 10.5 Å². The van der Waals surface area contributed by atoms with Crippen LogP contribution >= 0.6 is 0 Å². The van der Waals surface area contributed by atoms with Gasteiger partial charge in [-0.15, -0.1) is 0 Å². The number of rotatable bonds is 2. The number of nitrogens with two attached hydrogens (primary N) is 1. The van der Waals surface area contributed by atoms with Gasteiger partial charge in [-0.1, -0.05) is 0 Å². The summed E-state index contributed by atoms with van der Waals surface area (Å²) in [6.07, 6.45) is 0. The van der Waals surface area contributed by atoms with Crippen molar-refractivity contribution >= 4 is 22.6 Å². The number of nitriles is 2. The van der Waals surface area contributed by atoms with Crippen LogP contribution in [0.1, 0.15) is 11.1 Å². The molecule has 0 spiro atoms. The number of nitrogens with zero attached hydrogens (tertiary/aromatic N) is 4. The Morgan fingerprint density at radius 2 is 1.52 bits per heavy atom. The van der Waals surface area contributed by atoms with Gasteiger partial charge >= 0.3 is 0 Å². The third kappa shape index (κ3) is 2.24. The average molecular weight is 333 g/mol. The lowest BCUT2D eigenvalue weighted by atomic mass is 9.98. The number of allylic oxidation sites excluding steroid dienone is 1. The molecule has 0 atom stereocenters. The van der Waals surface area contributed by atoms with Gasteiger partial charge in [0.25, 0.3) is 11.4 Å². The Balaban J connectivity index is 2.47. The number of nitro groups is 2. The molecule has 0 unspecified atom stereocenters. The molecule has 2 aromatic carbocycles. The number of hydrogen-bond acceptors (Lipinski definition) is 7. The van der Waals surface area contributed by atoms with Crippen LogP contribution in [0.5, 0.6) is 0 Å². The first-order valence-electron chi connectivity index (χ1n) is 6.81. The second-order valence-corrected chi connectivity index (χ2v) is 5.18. The first-order chi connectivity index (χ1) is 11.9. The first kappa shape index (κ1) is 15.6. The van der Waals surface area contributed by atoms with Crippen molar-refractivity contribution < 1.29 is 9.85 Å². The van der Waals surface area contributed by atoms with Crippen LogP contribution in [-0.4, -0.2) is 9.85 Å². The van der Waals surface area contributed by atoms with Crippen LogP contribution in [0, 0.1) is 42.9 Å². The summed E-state index contributed by atoms with van der Waals surface area (Å²) in [5.41, 5.74) is 6.70. The van der Waals surface area contributed by atoms with Crippen LogP contribution in [-0.2, 0) is 0 Å². The van der Waals surface area contributed by atoms with Gasteiger partial charge in [-0.25, -0.2) is 0 Å². The summed E-state index contributed by atoms with van der Waals surface area (Å²) < 4.78 is 0. The molecular weight excluding hydrogens is 326 g/mol. The van der Waals surface area contributed by atoms with Gasteiger partial charge in [-0.3, -0.25) is 20.2 Å². The molecule has 2 aromatic rings. The lowest BCUT2D eigenvalue weighted by molar-refractivity contribution is -0.385. The van der Waals surface area contributed by atoms with Crippen molar-refractivity contribution in [3.05, 3.63) is 67.3 Å². The Bertz CT molecular complexity index is 1070. The van der Waals surface area contributed by atoms with Gasteiger partial charge in [0.2, 0.25) is 0 Å². The second-order valence-electron chi connectivity index (χ2n) is 5.18. The van der Waals surface area contributed by atoms with Crippen LogP contribution in [0.15, 0.2) is 35.9 Å². The van der Waals surface area contributed by atoms with Gasteiger partial charge < -0.3 is 5.73 Å². The van der Waals surface area contributed by atoms with E-state index in [2.05, 4.69) is 0 Å². The van der Waals surface area contributed by atoms with E-state index >= 15 is 0 Å². The molecule has 2 N–H and O–H groups in total. The fourth-order valence-electron chi connectivity index (χ4n) is 2.87. The monoisotopic (exact) mass is 333 g/mol. The first-order valence-corrected chi connectivity index (χ1v) is 6.81. The van der Waals surface area contributed by atoms with Crippen LogP contribution in [0.3, 0.4) is 0 Å². The van der Waals surface area contributed by atoms with Crippen LogP contribution < -0.4 is 5.73 Å². The molecular formula is C16H7N5O4. The summed E-state index contributed by atoms with van der Waals surface area (Å²) in [5, 5.41) is 40.6. The molecule has 0 bridgehead atoms. The van der Waals surface area contributed by atoms with E-state index in [1.807, 2.05) is 0 Å². The highest BCUT2D eigenvalue weighted by molar-refractivity contribution is 6.08. The molecule has 1 aliphatic rings. The topological polar surface area (TPSA) is 160 Å². The summed E-state index contributed by atoms with van der Waals surface area (Å²) in [6.45, 7) is 0. The molecule has 9 heteroatoms. The van der Waals surface area contributed by atoms with Crippen molar-refractivity contribution in [3.63, 3.8) is 0 Å². The van der Waals surface area contributed by atoms with Gasteiger partial charge in [0, 0.05) is 46.7 Å². The number of fused-ring (bicyclic) bond motifs is 3. The summed E-state index contributed by atoms with van der Waals surface area (Å²) in [6, 6.07) is 9.79. The largest absolute Gasteiger partial charge is 0.398 e. The standard InChI is InChI=1S/C16H7N5O4/c17-6-8(7-18)15-12-3-9(20(22)23)1-2-11(12)16-13(15)4-10(21(24)25)5-14(16)19/h1-5H,19H2. The average Bonchev–Trinajstić information content (AvgIpc) is 2.90. The molecule has 0 saturated carbocycles. The summed E-state index contributed by atoms with van der Waals surface area (Å²) >= 11 is 0. The summed E-state index contributed by atoms with van der Waals surface area (Å²) in [7, 11) is 0. The smallest absolute Gasteiger partial charge is 0.272 e. The number of hydrogen-bond donors (Lipinski definition) is 1. The van der Waals surface area contributed by atoms with E-state index in [4.69, 9.17) is 5.73 Å². The molecule has 120 valence electrons. The predicted molar refractivity (Wildman–Crippen MR) is 86.8 cm³/mol. The molecule has 9 nitrogen and oxygen atoms in total. The van der Waals surface area contributed by atoms with Crippen molar-refractivity contribution in [2.24, 2.45) is 0 Å². The third-order valence-electron chi connectivity index (χ3n) is 3.86. The van der Waals surface area contributed by atoms with Gasteiger partial charge in [0.15, 0.2) is 0 Å². The lowest BCUT2D eigenvalue weighted by Gasteiger charge is -2.05. The van der Waals surface area contributed by atoms with E-state index < -0.39 is 9.85 Å². The molecule has 3 rings (SSSR count). The van der Waals surface area contributed by atoms with Crippen LogP contribution in [0.4, 0.5) is 17.1 Å². The second kappa shape index (κ2) is 5.44. The molecule has 0 fully saturated rings. The molecule has 0 radical (unpaired) electrons. The Hall–Kier alpha value is -4.24. The minimum absolute atomic E-state index is 0.0875. The number of nitrogen functional groups attached to an aromatic ring is 1. The molecule has 25 heavy (non-hydrogen) atoms. The Labute approximate surface area is 140 Å². The predicted octanol–water partition coefficient (Wildman–Crippen LogP) is 2.91. The van der Waals surface area contributed by atoms with E-state index in [9.17, 15) is 30.8 Å². The Morgan fingerprint density at radius 3 is 2.08 bits per heavy atom. The van der Waals surface area contributed by atoms with Crippen LogP contribution in [0.25, 0.3) is 16.7 Å². The number of anilines is 1. The van der Waals surface area contributed by atoms with Crippen molar-refractivity contribution in [3.8, 4) is 23.3 Å². The normalized spacial score (nSPS) is 11.0. The highest BCUT2D eigenvalue weighted by atomic mass is 16.6. The van der Waals surface area contributed by atoms with E-state index in [-0.39, 0.29) is 39.3 Å². The SMILES string of the molecule is N#CC(C#N)=C1c2cc([N+](=O)[O-])ccc2-c2c(N)cc([N+](=O)[O-])cc21. The Morgan fingerprint density at radius 1 is 0.920 bits per heavy atom. The van der Waals surface area contributed by atoms with E-state index in [1.165, 1.54) is 30.3 Å². The maximum absolute atomic E-state index is 11.1. The van der Waals surface area contributed by atoms with Crippen molar-refractivity contribution in [2.75, 3.05) is 5.73 Å². The third-order valence-corrected chi connectivity index (χ3v) is 3.86. The van der Waals surface area contributed by atoms with Crippen molar-refractivity contribution in [1.82, 2.24) is 0 Å². The number of benzene rings is 2. The fraction of sp³-hybridized carbons (Fsp3) is 0. The molecule has 0 heterocycles. The van der Waals surface area contributed by atoms with Gasteiger partial charge in [0.1, 0.15) is 17.7 Å². The minimum atomic E-state index is -0.641. The van der Waals surface area contributed by atoms with E-state index in [1.54, 1.807) is 12.1 Å². The highest BCUT2D eigenvalue weighted by Gasteiger charge is 2.32. The highest BCUT2D eigenvalue weighted by Crippen LogP contribution is 2.50. The van der Waals surface area contributed by atoms with Crippen molar-refractivity contribution in [1.29, 1.82) is 10.5 Å². The zero-order chi connectivity index (χ0) is 18.3. The zero-order valence-corrected chi connectivity index (χ0v) is 12.4. The molecule has 1 aliphatic carbocycles. The number of nitro benzene ring substituents is 2. The fourth-order valence-corrected chi connectivity index (χ4v) is 2.87. The summed E-state index contributed by atoms with van der Waals surface area (Å²) in [5.74, 6) is 0. The van der Waals surface area contributed by atoms with Gasteiger partial charge in [0.05, 0.1) is 9.85 Å². The maximum Gasteiger partial charge on any atom is 0.272 e. The molecule has 0 saturated heterocycles. The lowest BCUT2D eigenvalue weighted by Crippen LogP contribution is -1.96. The molecule has 0 aliphatic heterocycles. The quantitative estimate of drug-likeness (QED) is 0.326. The van der Waals surface area contributed by atoms with Crippen LogP contribution in [0.2, 0.25) is 0 Å². The number of non-ortho nitro benzene ring substituents is 2. The minimum Gasteiger partial charge on any atom is -0.398 e. The van der Waals surface area contributed by atoms with E-state index in [0.717, 1.165) is 0 Å². The molecule has 0 aromatic heterocycles. The molecule has 0 amide bonds. The zero-order valence-electron chi connectivity index (χ0n) is 12.4.